The molecule has 0 aromatic heterocycles. The average Bonchev–Trinajstić information content (AvgIpc) is 3.15. The van der Waals surface area contributed by atoms with Gasteiger partial charge in [0.2, 0.25) is 5.91 Å². The Morgan fingerprint density at radius 3 is 2.65 bits per heavy atom. The Morgan fingerprint density at radius 2 is 2.08 bits per heavy atom. The number of halogens is 3. The van der Waals surface area contributed by atoms with Crippen LogP contribution in [-0.2, 0) is 16.0 Å². The van der Waals surface area contributed by atoms with E-state index in [-0.39, 0.29) is 24.6 Å². The summed E-state index contributed by atoms with van der Waals surface area (Å²) < 4.78 is 45.8. The van der Waals surface area contributed by atoms with Gasteiger partial charge in [0.25, 0.3) is 5.91 Å². The van der Waals surface area contributed by atoms with E-state index in [2.05, 4.69) is 4.99 Å². The zero-order valence-electron chi connectivity index (χ0n) is 13.8. The number of aliphatic imine (C=N–C) groups is 1. The first-order chi connectivity index (χ1) is 12.3. The molecule has 2 aliphatic rings. The van der Waals surface area contributed by atoms with Gasteiger partial charge in [-0.25, -0.2) is 4.99 Å². The van der Waals surface area contributed by atoms with Crippen molar-refractivity contribution in [3.63, 3.8) is 0 Å². The number of aryl methyl sites for hydroxylation is 1. The number of benzene rings is 1. The van der Waals surface area contributed by atoms with Gasteiger partial charge in [0, 0.05) is 18.7 Å². The van der Waals surface area contributed by atoms with E-state index in [9.17, 15) is 22.8 Å². The molecule has 6 nitrogen and oxygen atoms in total. The van der Waals surface area contributed by atoms with E-state index in [4.69, 9.17) is 4.74 Å². The number of rotatable bonds is 5. The zero-order chi connectivity index (χ0) is 18.9. The van der Waals surface area contributed by atoms with Crippen molar-refractivity contribution < 1.29 is 27.5 Å². The lowest BCUT2D eigenvalue weighted by atomic mass is 10.1. The topological polar surface area (TPSA) is 71.0 Å². The number of hydrogen-bond acceptors (Lipinski definition) is 5. The lowest BCUT2D eigenvalue weighted by molar-refractivity contribution is -0.200. The lowest BCUT2D eigenvalue weighted by Crippen LogP contribution is -2.63. The molecule has 0 aliphatic carbocycles. The minimum Gasteiger partial charge on any atom is -0.497 e. The SMILES string of the molecule is COc1ccc(CCC(=O)NC2(C(F)(F)F)N=C3SCCN3C2=O)cc1. The molecule has 1 aromatic rings. The third-order valence-electron chi connectivity index (χ3n) is 4.13. The van der Waals surface area contributed by atoms with Crippen LogP contribution in [0.5, 0.6) is 5.75 Å². The van der Waals surface area contributed by atoms with Crippen molar-refractivity contribution in [2.45, 2.75) is 24.7 Å². The molecule has 1 unspecified atom stereocenters. The van der Waals surface area contributed by atoms with Crippen molar-refractivity contribution in [2.24, 2.45) is 4.99 Å². The molecule has 3 rings (SSSR count). The summed E-state index contributed by atoms with van der Waals surface area (Å²) in [6.45, 7) is 0.155. The molecule has 2 amide bonds. The van der Waals surface area contributed by atoms with Gasteiger partial charge in [-0.05, 0) is 24.1 Å². The molecule has 0 bridgehead atoms. The first kappa shape index (κ1) is 18.6. The van der Waals surface area contributed by atoms with Crippen molar-refractivity contribution in [1.29, 1.82) is 0 Å². The number of alkyl halides is 3. The number of ether oxygens (including phenoxy) is 1. The van der Waals surface area contributed by atoms with E-state index in [1.165, 1.54) is 7.11 Å². The van der Waals surface area contributed by atoms with Crippen LogP contribution in [0.25, 0.3) is 0 Å². The third-order valence-corrected chi connectivity index (χ3v) is 5.08. The molecule has 1 aromatic carbocycles. The highest BCUT2D eigenvalue weighted by Crippen LogP contribution is 2.40. The van der Waals surface area contributed by atoms with Crippen LogP contribution in [-0.4, -0.2) is 53.1 Å². The van der Waals surface area contributed by atoms with E-state index in [1.54, 1.807) is 24.3 Å². The number of amidine groups is 1. The zero-order valence-corrected chi connectivity index (χ0v) is 14.6. The Balaban J connectivity index is 1.71. The highest BCUT2D eigenvalue weighted by Gasteiger charge is 2.67. The minimum absolute atomic E-state index is 0.00257. The maximum absolute atomic E-state index is 13.6. The van der Waals surface area contributed by atoms with Crippen LogP contribution in [0, 0.1) is 0 Å². The van der Waals surface area contributed by atoms with Crippen LogP contribution in [0.2, 0.25) is 0 Å². The molecule has 2 aliphatic heterocycles. The molecule has 2 heterocycles. The molecule has 1 atom stereocenters. The van der Waals surface area contributed by atoms with Gasteiger partial charge in [0.05, 0.1) is 7.11 Å². The first-order valence-corrected chi connectivity index (χ1v) is 8.81. The number of nitrogens with one attached hydrogen (secondary N) is 1. The van der Waals surface area contributed by atoms with Gasteiger partial charge in [0.15, 0.2) is 5.17 Å². The molecule has 0 radical (unpaired) electrons. The van der Waals surface area contributed by atoms with Gasteiger partial charge >= 0.3 is 11.8 Å². The summed E-state index contributed by atoms with van der Waals surface area (Å²) in [7, 11) is 1.52. The summed E-state index contributed by atoms with van der Waals surface area (Å²) in [5.74, 6) is -1.01. The summed E-state index contributed by atoms with van der Waals surface area (Å²) >= 11 is 1.07. The van der Waals surface area contributed by atoms with Gasteiger partial charge in [-0.15, -0.1) is 0 Å². The Kier molecular flexibility index (Phi) is 4.87. The van der Waals surface area contributed by atoms with Crippen molar-refractivity contribution in [3.8, 4) is 5.75 Å². The molecular weight excluding hydrogens is 371 g/mol. The quantitative estimate of drug-likeness (QED) is 0.838. The smallest absolute Gasteiger partial charge is 0.442 e. The second-order valence-corrected chi connectivity index (χ2v) is 6.87. The molecular formula is C16H16F3N3O3S. The lowest BCUT2D eigenvalue weighted by Gasteiger charge is -2.28. The van der Waals surface area contributed by atoms with E-state index in [0.717, 1.165) is 22.2 Å². The first-order valence-electron chi connectivity index (χ1n) is 7.82. The minimum atomic E-state index is -5.02. The maximum Gasteiger partial charge on any atom is 0.442 e. The fourth-order valence-electron chi connectivity index (χ4n) is 2.72. The Morgan fingerprint density at radius 1 is 1.38 bits per heavy atom. The molecule has 0 spiro atoms. The molecule has 140 valence electrons. The van der Waals surface area contributed by atoms with Gasteiger partial charge < -0.3 is 10.1 Å². The van der Waals surface area contributed by atoms with Crippen molar-refractivity contribution in [3.05, 3.63) is 29.8 Å². The predicted octanol–water partition coefficient (Wildman–Crippen LogP) is 1.95. The summed E-state index contributed by atoms with van der Waals surface area (Å²) in [5.41, 5.74) is -2.45. The van der Waals surface area contributed by atoms with E-state index < -0.39 is 23.7 Å². The number of thioether (sulfide) groups is 1. The third kappa shape index (κ3) is 3.25. The number of fused-ring (bicyclic) bond motifs is 1. The fourth-order valence-corrected chi connectivity index (χ4v) is 3.71. The summed E-state index contributed by atoms with van der Waals surface area (Å²) in [5, 5.41) is 1.83. The van der Waals surface area contributed by atoms with Gasteiger partial charge in [-0.1, -0.05) is 23.9 Å². The molecule has 1 N–H and O–H groups in total. The summed E-state index contributed by atoms with van der Waals surface area (Å²) in [4.78, 5) is 28.9. The monoisotopic (exact) mass is 387 g/mol. The number of methoxy groups -OCH3 is 1. The fraction of sp³-hybridized carbons (Fsp3) is 0.438. The van der Waals surface area contributed by atoms with E-state index in [1.807, 2.05) is 5.32 Å². The van der Waals surface area contributed by atoms with Crippen LogP contribution >= 0.6 is 11.8 Å². The summed E-state index contributed by atoms with van der Waals surface area (Å²) in [6, 6.07) is 6.84. The van der Waals surface area contributed by atoms with Crippen LogP contribution in [0.15, 0.2) is 29.3 Å². The molecule has 1 saturated heterocycles. The number of carbonyl (C=O) groups excluding carboxylic acids is 2. The van der Waals surface area contributed by atoms with Crippen LogP contribution in [0.3, 0.4) is 0 Å². The van der Waals surface area contributed by atoms with Gasteiger partial charge in [-0.3, -0.25) is 14.5 Å². The average molecular weight is 387 g/mol. The molecule has 26 heavy (non-hydrogen) atoms. The predicted molar refractivity (Wildman–Crippen MR) is 89.8 cm³/mol. The Bertz CT molecular complexity index is 751. The van der Waals surface area contributed by atoms with Gasteiger partial charge in [0.1, 0.15) is 5.75 Å². The highest BCUT2D eigenvalue weighted by molar-refractivity contribution is 8.14. The molecule has 0 saturated carbocycles. The molecule has 1 fully saturated rings. The van der Waals surface area contributed by atoms with Crippen molar-refractivity contribution in [2.75, 3.05) is 19.4 Å². The Hall–Kier alpha value is -2.23. The number of carbonyl (C=O) groups is 2. The van der Waals surface area contributed by atoms with Gasteiger partial charge in [-0.2, -0.15) is 13.2 Å². The van der Waals surface area contributed by atoms with E-state index >= 15 is 0 Å². The van der Waals surface area contributed by atoms with E-state index in [0.29, 0.717) is 11.5 Å². The summed E-state index contributed by atoms with van der Waals surface area (Å²) in [6.07, 6.45) is -4.99. The number of amides is 2. The number of nitrogens with zero attached hydrogens (tertiary/aromatic N) is 2. The largest absolute Gasteiger partial charge is 0.497 e. The maximum atomic E-state index is 13.6. The molecule has 10 heteroatoms. The highest BCUT2D eigenvalue weighted by atomic mass is 32.2. The number of hydrogen-bond donors (Lipinski definition) is 1. The van der Waals surface area contributed by atoms with Crippen molar-refractivity contribution >= 4 is 28.7 Å². The van der Waals surface area contributed by atoms with Crippen LogP contribution < -0.4 is 10.1 Å². The normalized spacial score (nSPS) is 22.2. The van der Waals surface area contributed by atoms with Crippen molar-refractivity contribution in [1.82, 2.24) is 10.2 Å². The Labute approximate surface area is 151 Å². The van der Waals surface area contributed by atoms with Crippen LogP contribution in [0.4, 0.5) is 13.2 Å². The van der Waals surface area contributed by atoms with Crippen LogP contribution in [0.1, 0.15) is 12.0 Å². The second-order valence-electron chi connectivity index (χ2n) is 5.80. The second kappa shape index (κ2) is 6.82. The standard InChI is InChI=1S/C16H16F3N3O3S/c1-25-11-5-2-10(3-6-11)4-7-12(23)20-15(16(17,18)19)13(24)22-8-9-26-14(22)21-15/h2-3,5-6H,4,7-9H2,1H3,(H,20,23).